The molecular weight excluding hydrogens is 448 g/mol. The third kappa shape index (κ3) is 10.7. The van der Waals surface area contributed by atoms with Crippen LogP contribution in [0.15, 0.2) is 24.3 Å². The van der Waals surface area contributed by atoms with Crippen molar-refractivity contribution in [3.8, 4) is 0 Å². The highest BCUT2D eigenvalue weighted by Gasteiger charge is 2.40. The van der Waals surface area contributed by atoms with Crippen LogP contribution in [-0.2, 0) is 28.6 Å². The fourth-order valence-electron chi connectivity index (χ4n) is 4.21. The number of halogens is 1. The number of hydrogen-bond acceptors (Lipinski definition) is 8. The van der Waals surface area contributed by atoms with Crippen LogP contribution in [-0.4, -0.2) is 87.3 Å². The summed E-state index contributed by atoms with van der Waals surface area (Å²) in [4.78, 5) is 40.4. The number of fused-ring (bicyclic) bond motifs is 1. The van der Waals surface area contributed by atoms with Crippen LogP contribution in [0, 0.1) is 11.8 Å². The smallest absolute Gasteiger partial charge is 0.330 e. The average Bonchev–Trinajstić information content (AvgIpc) is 3.05. The zero-order chi connectivity index (χ0) is 23.7. The molecule has 1 aliphatic heterocycles. The lowest BCUT2D eigenvalue weighted by atomic mass is 9.89. The van der Waals surface area contributed by atoms with Crippen LogP contribution in [0.25, 0.3) is 0 Å². The molecule has 1 saturated carbocycles. The number of ether oxygens (including phenoxy) is 3. The van der Waals surface area contributed by atoms with Gasteiger partial charge in [0.25, 0.3) is 0 Å². The van der Waals surface area contributed by atoms with E-state index in [1.807, 2.05) is 21.0 Å². The monoisotopic (exact) mass is 486 g/mol. The van der Waals surface area contributed by atoms with E-state index in [1.54, 1.807) is 30.0 Å². The van der Waals surface area contributed by atoms with Gasteiger partial charge in [-0.25, -0.2) is 4.79 Å². The first kappa shape index (κ1) is 29.1. The Morgan fingerprint density at radius 3 is 2.30 bits per heavy atom. The lowest BCUT2D eigenvalue weighted by Gasteiger charge is -2.25. The van der Waals surface area contributed by atoms with Gasteiger partial charge in [-0.3, -0.25) is 19.4 Å². The fraction of sp³-hybridized carbons (Fsp3) is 0.708. The Morgan fingerprint density at radius 2 is 1.67 bits per heavy atom. The predicted molar refractivity (Wildman–Crippen MR) is 128 cm³/mol. The molecule has 9 heteroatoms. The van der Waals surface area contributed by atoms with Crippen molar-refractivity contribution in [2.75, 3.05) is 41.3 Å². The second-order valence-electron chi connectivity index (χ2n) is 9.31. The summed E-state index contributed by atoms with van der Waals surface area (Å²) < 4.78 is 16.9. The van der Waals surface area contributed by atoms with E-state index < -0.39 is 12.1 Å². The summed E-state index contributed by atoms with van der Waals surface area (Å²) in [6.07, 6.45) is 10.0. The summed E-state index contributed by atoms with van der Waals surface area (Å²) in [6, 6.07) is 0. The van der Waals surface area contributed by atoms with Gasteiger partial charge in [-0.1, -0.05) is 12.2 Å². The molecule has 0 aromatic rings. The summed E-state index contributed by atoms with van der Waals surface area (Å²) in [7, 11) is 7.22. The number of carbonyl (C=O) groups excluding carboxylic acids is 3. The van der Waals surface area contributed by atoms with Crippen molar-refractivity contribution in [3.05, 3.63) is 24.3 Å². The van der Waals surface area contributed by atoms with Crippen LogP contribution in [0.1, 0.15) is 39.0 Å². The van der Waals surface area contributed by atoms with Gasteiger partial charge in [0.1, 0.15) is 12.2 Å². The van der Waals surface area contributed by atoms with E-state index in [2.05, 4.69) is 12.2 Å². The Bertz CT molecular complexity index is 709. The van der Waals surface area contributed by atoms with Crippen molar-refractivity contribution >= 4 is 30.3 Å². The van der Waals surface area contributed by atoms with Crippen LogP contribution < -0.4 is 0 Å². The zero-order valence-corrected chi connectivity index (χ0v) is 21.2. The highest BCUT2D eigenvalue weighted by molar-refractivity contribution is 5.85. The van der Waals surface area contributed by atoms with Gasteiger partial charge in [-0.05, 0) is 79.2 Å². The van der Waals surface area contributed by atoms with Gasteiger partial charge >= 0.3 is 17.9 Å². The van der Waals surface area contributed by atoms with E-state index in [1.165, 1.54) is 6.08 Å². The average molecular weight is 487 g/mol. The lowest BCUT2D eigenvalue weighted by Crippen LogP contribution is -2.32. The molecule has 0 amide bonds. The Kier molecular flexibility index (Phi) is 12.7. The maximum absolute atomic E-state index is 12.4. The molecule has 0 N–H and O–H groups in total. The van der Waals surface area contributed by atoms with E-state index in [4.69, 9.17) is 14.2 Å². The molecule has 4 unspecified atom stereocenters. The third-order valence-corrected chi connectivity index (χ3v) is 5.60. The summed E-state index contributed by atoms with van der Waals surface area (Å²) in [5, 5.41) is 0. The highest BCUT2D eigenvalue weighted by atomic mass is 35.5. The minimum atomic E-state index is -0.613. The van der Waals surface area contributed by atoms with Gasteiger partial charge in [0.15, 0.2) is 0 Å². The molecule has 1 fully saturated rings. The summed E-state index contributed by atoms with van der Waals surface area (Å²) >= 11 is 0. The van der Waals surface area contributed by atoms with Crippen molar-refractivity contribution in [3.63, 3.8) is 0 Å². The Hall–Kier alpha value is -1.90. The maximum Gasteiger partial charge on any atom is 0.330 e. The Morgan fingerprint density at radius 1 is 1.03 bits per heavy atom. The standard InChI is InChI=1S/C24H38N2O6.ClH/c1-17-9-7-6-8-10-18-13-19(31-23(28)15-25(2)3)14-20(18)21(11-12-22(27)30-17)32-24(29)16-26(4)5;/h8,10-12,17-21H,6-7,9,13-16H2,1-5H3;1H/b10-8+,12-11+;/t17-,18?,19?,20?,21?;/m0./s1. The highest BCUT2D eigenvalue weighted by Crippen LogP contribution is 2.39. The summed E-state index contributed by atoms with van der Waals surface area (Å²) in [5.41, 5.74) is 0. The van der Waals surface area contributed by atoms with Crippen molar-refractivity contribution in [1.82, 2.24) is 9.80 Å². The lowest BCUT2D eigenvalue weighted by molar-refractivity contribution is -0.152. The number of cyclic esters (lactones) is 1. The quantitative estimate of drug-likeness (QED) is 0.322. The SMILES string of the molecule is C[C@H]1CCC/C=C/C2CC(OC(=O)CN(C)C)CC2C(OC(=O)CN(C)C)/C=C/C(=O)O1.Cl. The molecule has 2 rings (SSSR count). The van der Waals surface area contributed by atoms with Gasteiger partial charge in [-0.2, -0.15) is 0 Å². The van der Waals surface area contributed by atoms with E-state index in [0.717, 1.165) is 19.3 Å². The van der Waals surface area contributed by atoms with E-state index >= 15 is 0 Å². The number of rotatable bonds is 6. The first-order valence-corrected chi connectivity index (χ1v) is 11.4. The van der Waals surface area contributed by atoms with Gasteiger partial charge in [0, 0.05) is 12.0 Å². The number of allylic oxidation sites excluding steroid dienone is 2. The molecule has 0 bridgehead atoms. The molecule has 1 heterocycles. The maximum atomic E-state index is 12.4. The molecule has 0 aromatic heterocycles. The van der Waals surface area contributed by atoms with Crippen molar-refractivity contribution in [1.29, 1.82) is 0 Å². The Labute approximate surface area is 203 Å². The van der Waals surface area contributed by atoms with Crippen LogP contribution in [0.5, 0.6) is 0 Å². The van der Waals surface area contributed by atoms with Gasteiger partial charge in [0.2, 0.25) is 0 Å². The summed E-state index contributed by atoms with van der Waals surface area (Å²) in [6.45, 7) is 2.23. The van der Waals surface area contributed by atoms with Gasteiger partial charge in [-0.15, -0.1) is 12.4 Å². The van der Waals surface area contributed by atoms with Crippen molar-refractivity contribution < 1.29 is 28.6 Å². The topological polar surface area (TPSA) is 85.4 Å². The zero-order valence-electron chi connectivity index (χ0n) is 20.4. The second kappa shape index (κ2) is 14.4. The van der Waals surface area contributed by atoms with E-state index in [9.17, 15) is 14.4 Å². The molecule has 188 valence electrons. The molecule has 5 atom stereocenters. The number of likely N-dealkylation sites (N-methyl/N-ethyl adjacent to an activating group) is 2. The minimum Gasteiger partial charge on any atom is -0.461 e. The first-order valence-electron chi connectivity index (χ1n) is 11.4. The molecule has 0 spiro atoms. The molecule has 0 aromatic carbocycles. The number of nitrogens with zero attached hydrogens (tertiary/aromatic N) is 2. The van der Waals surface area contributed by atoms with Gasteiger partial charge in [0.05, 0.1) is 19.2 Å². The fourth-order valence-corrected chi connectivity index (χ4v) is 4.21. The van der Waals surface area contributed by atoms with Crippen LogP contribution >= 0.6 is 12.4 Å². The molecule has 0 saturated heterocycles. The molecule has 1 aliphatic carbocycles. The normalized spacial score (nSPS) is 30.0. The summed E-state index contributed by atoms with van der Waals surface area (Å²) in [5.74, 6) is -1.11. The minimum absolute atomic E-state index is 0. The molecular formula is C24H39ClN2O6. The molecule has 33 heavy (non-hydrogen) atoms. The van der Waals surface area contributed by atoms with E-state index in [-0.39, 0.29) is 61.5 Å². The second-order valence-corrected chi connectivity index (χ2v) is 9.31. The Balaban J connectivity index is 0.00000544. The number of esters is 3. The number of hydrogen-bond donors (Lipinski definition) is 0. The van der Waals surface area contributed by atoms with Crippen LogP contribution in [0.2, 0.25) is 0 Å². The van der Waals surface area contributed by atoms with Crippen molar-refractivity contribution in [2.24, 2.45) is 11.8 Å². The van der Waals surface area contributed by atoms with Crippen LogP contribution in [0.4, 0.5) is 0 Å². The third-order valence-electron chi connectivity index (χ3n) is 5.60. The largest absolute Gasteiger partial charge is 0.461 e. The number of carbonyl (C=O) groups is 3. The molecule has 8 nitrogen and oxygen atoms in total. The van der Waals surface area contributed by atoms with Crippen LogP contribution in [0.3, 0.4) is 0 Å². The molecule has 0 radical (unpaired) electrons. The first-order chi connectivity index (χ1) is 15.1. The van der Waals surface area contributed by atoms with Gasteiger partial charge < -0.3 is 14.2 Å². The predicted octanol–water partition coefficient (Wildman–Crippen LogP) is 2.61. The van der Waals surface area contributed by atoms with Crippen molar-refractivity contribution in [2.45, 2.75) is 57.3 Å². The van der Waals surface area contributed by atoms with E-state index in [0.29, 0.717) is 12.8 Å². The molecule has 2 aliphatic rings.